The summed E-state index contributed by atoms with van der Waals surface area (Å²) in [5, 5.41) is 3.18. The lowest BCUT2D eigenvalue weighted by Crippen LogP contribution is -2.35. The minimum absolute atomic E-state index is 0.105. The first-order chi connectivity index (χ1) is 9.23. The summed E-state index contributed by atoms with van der Waals surface area (Å²) in [5.41, 5.74) is 1.34. The number of amides is 1. The van der Waals surface area contributed by atoms with Crippen LogP contribution in [0.2, 0.25) is 0 Å². The van der Waals surface area contributed by atoms with Crippen molar-refractivity contribution in [2.75, 3.05) is 7.11 Å². The van der Waals surface area contributed by atoms with E-state index >= 15 is 0 Å². The quantitative estimate of drug-likeness (QED) is 0.887. The number of rotatable bonds is 2. The zero-order valence-electron chi connectivity index (χ0n) is 11.4. The molecule has 1 aromatic rings. The van der Waals surface area contributed by atoms with Gasteiger partial charge in [0.15, 0.2) is 0 Å². The first-order valence-corrected chi connectivity index (χ1v) is 7.11. The van der Waals surface area contributed by atoms with Gasteiger partial charge >= 0.3 is 0 Å². The Morgan fingerprint density at radius 3 is 2.53 bits per heavy atom. The summed E-state index contributed by atoms with van der Waals surface area (Å²) in [5.74, 6) is 0.199. The third-order valence-electron chi connectivity index (χ3n) is 4.82. The summed E-state index contributed by atoms with van der Waals surface area (Å²) in [7, 11) is 1.79. The predicted octanol–water partition coefficient (Wildman–Crippen LogP) is 2.82. The third-order valence-corrected chi connectivity index (χ3v) is 4.82. The van der Waals surface area contributed by atoms with Crippen molar-refractivity contribution >= 4 is 5.91 Å². The van der Waals surface area contributed by atoms with Crippen LogP contribution in [0.1, 0.15) is 43.7 Å². The van der Waals surface area contributed by atoms with Crippen molar-refractivity contribution in [2.45, 2.75) is 44.2 Å². The topological polar surface area (TPSA) is 38.3 Å². The van der Waals surface area contributed by atoms with Crippen LogP contribution in [-0.2, 0) is 9.53 Å². The van der Waals surface area contributed by atoms with Gasteiger partial charge in [-0.1, -0.05) is 30.3 Å². The highest BCUT2D eigenvalue weighted by atomic mass is 16.5. The van der Waals surface area contributed by atoms with Crippen LogP contribution < -0.4 is 5.32 Å². The molecule has 1 aromatic carbocycles. The number of hydrogen-bond donors (Lipinski definition) is 1. The summed E-state index contributed by atoms with van der Waals surface area (Å²) >= 11 is 0. The fraction of sp³-hybridized carbons (Fsp3) is 0.562. The number of carbonyl (C=O) groups excluding carboxylic acids is 1. The van der Waals surface area contributed by atoms with Gasteiger partial charge < -0.3 is 10.1 Å². The van der Waals surface area contributed by atoms with Crippen molar-refractivity contribution in [3.63, 3.8) is 0 Å². The molecule has 1 unspecified atom stereocenters. The van der Waals surface area contributed by atoms with Crippen LogP contribution >= 0.6 is 0 Å². The maximum atomic E-state index is 11.9. The van der Waals surface area contributed by atoms with Gasteiger partial charge in [-0.3, -0.25) is 4.79 Å². The van der Waals surface area contributed by atoms with Gasteiger partial charge in [-0.2, -0.15) is 0 Å². The van der Waals surface area contributed by atoms with Crippen molar-refractivity contribution in [2.24, 2.45) is 5.41 Å². The first kappa shape index (κ1) is 12.7. The molecule has 1 spiro atoms. The number of hydrogen-bond acceptors (Lipinski definition) is 2. The number of methoxy groups -OCH3 is 1. The zero-order chi connectivity index (χ0) is 13.3. The summed E-state index contributed by atoms with van der Waals surface area (Å²) in [6, 6.07) is 10.6. The minimum Gasteiger partial charge on any atom is -0.381 e. The second kappa shape index (κ2) is 4.97. The molecule has 1 saturated carbocycles. The molecule has 1 aliphatic carbocycles. The number of benzene rings is 1. The van der Waals surface area contributed by atoms with E-state index in [-0.39, 0.29) is 17.4 Å². The van der Waals surface area contributed by atoms with Gasteiger partial charge in [0, 0.05) is 18.9 Å². The van der Waals surface area contributed by atoms with E-state index in [1.807, 2.05) is 18.2 Å². The highest BCUT2D eigenvalue weighted by Gasteiger charge is 2.49. The summed E-state index contributed by atoms with van der Waals surface area (Å²) in [6.45, 7) is 0. The lowest BCUT2D eigenvalue weighted by Gasteiger charge is -2.40. The fourth-order valence-corrected chi connectivity index (χ4v) is 3.74. The molecule has 19 heavy (non-hydrogen) atoms. The highest BCUT2D eigenvalue weighted by Crippen LogP contribution is 2.52. The molecule has 1 aliphatic heterocycles. The molecule has 0 aromatic heterocycles. The smallest absolute Gasteiger partial charge is 0.221 e. The maximum absolute atomic E-state index is 11.9. The first-order valence-electron chi connectivity index (χ1n) is 7.11. The molecule has 2 aliphatic rings. The molecule has 102 valence electrons. The Balaban J connectivity index is 1.85. The molecule has 1 N–H and O–H groups in total. The van der Waals surface area contributed by atoms with Gasteiger partial charge in [0.1, 0.15) is 0 Å². The van der Waals surface area contributed by atoms with E-state index in [4.69, 9.17) is 4.74 Å². The summed E-state index contributed by atoms with van der Waals surface area (Å²) in [6.07, 6.45) is 5.32. The third kappa shape index (κ3) is 2.27. The molecular formula is C16H21NO2. The molecular weight excluding hydrogens is 238 g/mol. The number of ether oxygens (including phenoxy) is 1. The predicted molar refractivity (Wildman–Crippen MR) is 73.6 cm³/mol. The van der Waals surface area contributed by atoms with E-state index in [2.05, 4.69) is 17.4 Å². The Bertz CT molecular complexity index is 449. The van der Waals surface area contributed by atoms with Gasteiger partial charge in [0.25, 0.3) is 0 Å². The van der Waals surface area contributed by atoms with E-state index in [0.29, 0.717) is 12.5 Å². The van der Waals surface area contributed by atoms with Crippen LogP contribution in [0.3, 0.4) is 0 Å². The van der Waals surface area contributed by atoms with Crippen LogP contribution in [0.5, 0.6) is 0 Å². The summed E-state index contributed by atoms with van der Waals surface area (Å²) < 4.78 is 5.46. The second-order valence-corrected chi connectivity index (χ2v) is 5.89. The number of nitrogens with one attached hydrogen (secondary N) is 1. The normalized spacial score (nSPS) is 34.5. The molecule has 3 heteroatoms. The van der Waals surface area contributed by atoms with E-state index in [1.165, 1.54) is 5.56 Å². The average Bonchev–Trinajstić information content (AvgIpc) is 2.77. The monoisotopic (exact) mass is 259 g/mol. The Morgan fingerprint density at radius 2 is 1.89 bits per heavy atom. The van der Waals surface area contributed by atoms with E-state index in [1.54, 1.807) is 7.11 Å². The molecule has 1 heterocycles. The van der Waals surface area contributed by atoms with Crippen molar-refractivity contribution in [3.05, 3.63) is 35.9 Å². The van der Waals surface area contributed by atoms with Gasteiger partial charge in [0.05, 0.1) is 12.1 Å². The van der Waals surface area contributed by atoms with Crippen LogP contribution in [0.4, 0.5) is 0 Å². The van der Waals surface area contributed by atoms with Crippen molar-refractivity contribution in [3.8, 4) is 0 Å². The molecule has 1 amide bonds. The van der Waals surface area contributed by atoms with Crippen LogP contribution in [0, 0.1) is 5.41 Å². The van der Waals surface area contributed by atoms with E-state index < -0.39 is 0 Å². The van der Waals surface area contributed by atoms with Crippen molar-refractivity contribution in [1.29, 1.82) is 0 Å². The van der Waals surface area contributed by atoms with Crippen LogP contribution in [0.15, 0.2) is 30.3 Å². The summed E-state index contributed by atoms with van der Waals surface area (Å²) in [4.78, 5) is 11.9. The van der Waals surface area contributed by atoms with Crippen molar-refractivity contribution in [1.82, 2.24) is 5.32 Å². The molecule has 3 rings (SSSR count). The van der Waals surface area contributed by atoms with E-state index in [0.717, 1.165) is 25.7 Å². The van der Waals surface area contributed by atoms with Gasteiger partial charge in [0.2, 0.25) is 5.91 Å². The van der Waals surface area contributed by atoms with Crippen molar-refractivity contribution < 1.29 is 9.53 Å². The molecule has 0 bridgehead atoms. The molecule has 0 radical (unpaired) electrons. The Hall–Kier alpha value is -1.35. The van der Waals surface area contributed by atoms with Gasteiger partial charge in [-0.15, -0.1) is 0 Å². The highest BCUT2D eigenvalue weighted by molar-refractivity contribution is 5.80. The Kier molecular flexibility index (Phi) is 3.31. The molecule has 3 nitrogen and oxygen atoms in total. The lowest BCUT2D eigenvalue weighted by atomic mass is 9.67. The Labute approximate surface area is 114 Å². The van der Waals surface area contributed by atoms with Crippen LogP contribution in [0.25, 0.3) is 0 Å². The molecule has 1 saturated heterocycles. The maximum Gasteiger partial charge on any atom is 0.221 e. The SMILES string of the molecule is COC1CCC2(CC1)CC(=O)NC2c1ccccc1. The van der Waals surface area contributed by atoms with Gasteiger partial charge in [-0.05, 0) is 31.2 Å². The van der Waals surface area contributed by atoms with E-state index in [9.17, 15) is 4.79 Å². The molecule has 2 fully saturated rings. The largest absolute Gasteiger partial charge is 0.381 e. The number of carbonyl (C=O) groups is 1. The van der Waals surface area contributed by atoms with Crippen LogP contribution in [-0.4, -0.2) is 19.1 Å². The lowest BCUT2D eigenvalue weighted by molar-refractivity contribution is -0.120. The van der Waals surface area contributed by atoms with Gasteiger partial charge in [-0.25, -0.2) is 0 Å². The second-order valence-electron chi connectivity index (χ2n) is 5.89. The minimum atomic E-state index is 0.105. The molecule has 1 atom stereocenters. The standard InChI is InChI=1S/C16H21NO2/c1-19-13-7-9-16(10-8-13)11-14(18)17-15(16)12-5-3-2-4-6-12/h2-6,13,15H,7-11H2,1H3,(H,17,18). The fourth-order valence-electron chi connectivity index (χ4n) is 3.74. The Morgan fingerprint density at radius 1 is 1.21 bits per heavy atom. The zero-order valence-corrected chi connectivity index (χ0v) is 11.4. The average molecular weight is 259 g/mol.